The van der Waals surface area contributed by atoms with E-state index in [-0.39, 0.29) is 11.8 Å². The zero-order valence-electron chi connectivity index (χ0n) is 15.3. The maximum Gasteiger partial charge on any atom is 0.243 e. The fraction of sp³-hybridized carbons (Fsp3) is 0.600. The Kier molecular flexibility index (Phi) is 5.74. The third kappa shape index (κ3) is 4.21. The average Bonchev–Trinajstić information content (AvgIpc) is 2.98. The number of fused-ring (bicyclic) bond motifs is 1. The van der Waals surface area contributed by atoms with Crippen molar-refractivity contribution < 1.29 is 9.59 Å². The van der Waals surface area contributed by atoms with Crippen LogP contribution < -0.4 is 10.2 Å². The Morgan fingerprint density at radius 3 is 2.84 bits per heavy atom. The molecule has 2 aliphatic heterocycles. The molecule has 2 heterocycles. The number of benzene rings is 1. The van der Waals surface area contributed by atoms with Crippen molar-refractivity contribution in [1.82, 2.24) is 10.2 Å². The molecule has 0 radical (unpaired) electrons. The van der Waals surface area contributed by atoms with Crippen molar-refractivity contribution in [2.24, 2.45) is 5.92 Å². The highest BCUT2D eigenvalue weighted by Gasteiger charge is 2.36. The van der Waals surface area contributed by atoms with Crippen LogP contribution in [0.3, 0.4) is 0 Å². The number of para-hydroxylation sites is 1. The molecule has 0 saturated carbocycles. The van der Waals surface area contributed by atoms with E-state index in [9.17, 15) is 9.59 Å². The van der Waals surface area contributed by atoms with E-state index >= 15 is 0 Å². The maximum atomic E-state index is 12.6. The SMILES string of the molecule is CC(=O)N1c2ccccc2CC1C(=O)NCCCN1CCCC(C)C1. The fourth-order valence-corrected chi connectivity index (χ4v) is 4.11. The highest BCUT2D eigenvalue weighted by molar-refractivity contribution is 6.02. The first-order valence-corrected chi connectivity index (χ1v) is 9.44. The minimum absolute atomic E-state index is 0.0431. The summed E-state index contributed by atoms with van der Waals surface area (Å²) in [6.07, 6.45) is 4.17. The first-order valence-electron chi connectivity index (χ1n) is 9.44. The Morgan fingerprint density at radius 2 is 2.08 bits per heavy atom. The van der Waals surface area contributed by atoms with E-state index in [1.165, 1.54) is 32.9 Å². The summed E-state index contributed by atoms with van der Waals surface area (Å²) in [4.78, 5) is 28.8. The second-order valence-electron chi connectivity index (χ2n) is 7.43. The molecule has 5 heteroatoms. The summed E-state index contributed by atoms with van der Waals surface area (Å²) in [6, 6.07) is 7.37. The van der Waals surface area contributed by atoms with Crippen molar-refractivity contribution >= 4 is 17.5 Å². The van der Waals surface area contributed by atoms with Gasteiger partial charge in [0.15, 0.2) is 0 Å². The summed E-state index contributed by atoms with van der Waals surface area (Å²) in [5.41, 5.74) is 1.94. The van der Waals surface area contributed by atoms with Gasteiger partial charge in [0.1, 0.15) is 6.04 Å². The van der Waals surface area contributed by atoms with Crippen LogP contribution in [-0.2, 0) is 16.0 Å². The number of carbonyl (C=O) groups is 2. The van der Waals surface area contributed by atoms with E-state index in [0.29, 0.717) is 13.0 Å². The van der Waals surface area contributed by atoms with E-state index < -0.39 is 6.04 Å². The molecule has 0 aliphatic carbocycles. The van der Waals surface area contributed by atoms with Crippen LogP contribution >= 0.6 is 0 Å². The van der Waals surface area contributed by atoms with Gasteiger partial charge in [-0.1, -0.05) is 25.1 Å². The molecule has 2 unspecified atom stereocenters. The molecule has 2 atom stereocenters. The molecule has 25 heavy (non-hydrogen) atoms. The van der Waals surface area contributed by atoms with E-state index in [1.54, 1.807) is 4.90 Å². The van der Waals surface area contributed by atoms with Crippen LogP contribution in [0.15, 0.2) is 24.3 Å². The average molecular weight is 343 g/mol. The molecule has 0 bridgehead atoms. The van der Waals surface area contributed by atoms with Crippen LogP contribution in [0.5, 0.6) is 0 Å². The fourth-order valence-electron chi connectivity index (χ4n) is 4.11. The van der Waals surface area contributed by atoms with Gasteiger partial charge in [-0.15, -0.1) is 0 Å². The first kappa shape index (κ1) is 17.9. The highest BCUT2D eigenvalue weighted by Crippen LogP contribution is 2.32. The van der Waals surface area contributed by atoms with Crippen molar-refractivity contribution in [3.63, 3.8) is 0 Å². The van der Waals surface area contributed by atoms with Gasteiger partial charge in [-0.2, -0.15) is 0 Å². The number of hydrogen-bond donors (Lipinski definition) is 1. The Morgan fingerprint density at radius 1 is 1.28 bits per heavy atom. The minimum Gasteiger partial charge on any atom is -0.354 e. The molecule has 3 rings (SSSR count). The lowest BCUT2D eigenvalue weighted by Crippen LogP contribution is -2.47. The van der Waals surface area contributed by atoms with Gasteiger partial charge < -0.3 is 10.2 Å². The second-order valence-corrected chi connectivity index (χ2v) is 7.43. The van der Waals surface area contributed by atoms with Crippen molar-refractivity contribution in [3.05, 3.63) is 29.8 Å². The second kappa shape index (κ2) is 8.00. The molecular weight excluding hydrogens is 314 g/mol. The predicted molar refractivity (Wildman–Crippen MR) is 99.6 cm³/mol. The number of nitrogens with zero attached hydrogens (tertiary/aromatic N) is 2. The molecule has 2 aliphatic rings. The topological polar surface area (TPSA) is 52.7 Å². The van der Waals surface area contributed by atoms with E-state index in [1.807, 2.05) is 24.3 Å². The molecule has 1 aromatic carbocycles. The first-order chi connectivity index (χ1) is 12.1. The molecular formula is C20H29N3O2. The number of likely N-dealkylation sites (tertiary alicyclic amines) is 1. The van der Waals surface area contributed by atoms with Crippen molar-refractivity contribution in [2.75, 3.05) is 31.1 Å². The smallest absolute Gasteiger partial charge is 0.243 e. The summed E-state index contributed by atoms with van der Waals surface area (Å²) >= 11 is 0. The highest BCUT2D eigenvalue weighted by atomic mass is 16.2. The molecule has 0 aromatic heterocycles. The summed E-state index contributed by atoms with van der Waals surface area (Å²) in [7, 11) is 0. The molecule has 136 valence electrons. The molecule has 1 aromatic rings. The van der Waals surface area contributed by atoms with Crippen LogP contribution in [0.25, 0.3) is 0 Å². The van der Waals surface area contributed by atoms with E-state index in [4.69, 9.17) is 0 Å². The van der Waals surface area contributed by atoms with Crippen LogP contribution in [0.1, 0.15) is 38.7 Å². The number of nitrogens with one attached hydrogen (secondary N) is 1. The Hall–Kier alpha value is -1.88. The number of amides is 2. The predicted octanol–water partition coefficient (Wildman–Crippen LogP) is 2.20. The molecule has 5 nitrogen and oxygen atoms in total. The van der Waals surface area contributed by atoms with Crippen LogP contribution in [0.2, 0.25) is 0 Å². The normalized spacial score (nSPS) is 23.4. The largest absolute Gasteiger partial charge is 0.354 e. The Bertz CT molecular complexity index is 631. The molecule has 1 N–H and O–H groups in total. The third-order valence-electron chi connectivity index (χ3n) is 5.31. The summed E-state index contributed by atoms with van der Waals surface area (Å²) in [5.74, 6) is 0.662. The lowest BCUT2D eigenvalue weighted by molar-refractivity contribution is -0.125. The van der Waals surface area contributed by atoms with E-state index in [0.717, 1.165) is 30.1 Å². The summed E-state index contributed by atoms with van der Waals surface area (Å²) in [6.45, 7) is 7.88. The van der Waals surface area contributed by atoms with Crippen molar-refractivity contribution in [3.8, 4) is 0 Å². The minimum atomic E-state index is -0.412. The Balaban J connectivity index is 1.49. The Labute approximate surface area is 150 Å². The van der Waals surface area contributed by atoms with Gasteiger partial charge in [-0.05, 0) is 49.9 Å². The number of hydrogen-bond acceptors (Lipinski definition) is 3. The third-order valence-corrected chi connectivity index (χ3v) is 5.31. The van der Waals surface area contributed by atoms with Crippen molar-refractivity contribution in [2.45, 2.75) is 45.6 Å². The lowest BCUT2D eigenvalue weighted by atomic mass is 10.0. The van der Waals surface area contributed by atoms with Crippen LogP contribution in [-0.4, -0.2) is 48.9 Å². The quantitative estimate of drug-likeness (QED) is 0.834. The van der Waals surface area contributed by atoms with Crippen LogP contribution in [0, 0.1) is 5.92 Å². The molecule has 1 saturated heterocycles. The number of carbonyl (C=O) groups excluding carboxylic acids is 2. The van der Waals surface area contributed by atoms with Crippen LogP contribution in [0.4, 0.5) is 5.69 Å². The standard InChI is InChI=1S/C20H29N3O2/c1-15-7-5-11-22(14-15)12-6-10-21-20(25)19-13-17-8-3-4-9-18(17)23(19)16(2)24/h3-4,8-9,15,19H,5-7,10-14H2,1-2H3,(H,21,25). The molecule has 0 spiro atoms. The number of rotatable bonds is 5. The molecule has 2 amide bonds. The monoisotopic (exact) mass is 343 g/mol. The molecule has 1 fully saturated rings. The summed E-state index contributed by atoms with van der Waals surface area (Å²) in [5, 5.41) is 3.04. The van der Waals surface area contributed by atoms with Crippen molar-refractivity contribution in [1.29, 1.82) is 0 Å². The van der Waals surface area contributed by atoms with Gasteiger partial charge in [0.05, 0.1) is 0 Å². The van der Waals surface area contributed by atoms with Gasteiger partial charge in [-0.25, -0.2) is 0 Å². The van der Waals surface area contributed by atoms with Gasteiger partial charge in [0.25, 0.3) is 0 Å². The number of anilines is 1. The zero-order valence-corrected chi connectivity index (χ0v) is 15.3. The lowest BCUT2D eigenvalue weighted by Gasteiger charge is -2.30. The van der Waals surface area contributed by atoms with Gasteiger partial charge in [0.2, 0.25) is 11.8 Å². The number of piperidine rings is 1. The van der Waals surface area contributed by atoms with Gasteiger partial charge in [-0.3, -0.25) is 14.5 Å². The summed E-state index contributed by atoms with van der Waals surface area (Å²) < 4.78 is 0. The van der Waals surface area contributed by atoms with E-state index in [2.05, 4.69) is 17.1 Å². The zero-order chi connectivity index (χ0) is 17.8. The maximum absolute atomic E-state index is 12.6. The van der Waals surface area contributed by atoms with Gasteiger partial charge in [0, 0.05) is 32.1 Å². The van der Waals surface area contributed by atoms with Gasteiger partial charge >= 0.3 is 0 Å².